The summed E-state index contributed by atoms with van der Waals surface area (Å²) in [5.74, 6) is 0.244. The number of fused-ring (bicyclic) bond motifs is 1. The topological polar surface area (TPSA) is 75.5 Å². The molecule has 0 radical (unpaired) electrons. The van der Waals surface area contributed by atoms with Crippen LogP contribution in [0.5, 0.6) is 0 Å². The molecule has 0 spiro atoms. The van der Waals surface area contributed by atoms with E-state index in [0.29, 0.717) is 47.7 Å². The van der Waals surface area contributed by atoms with Crippen molar-refractivity contribution in [1.29, 1.82) is 0 Å². The van der Waals surface area contributed by atoms with Crippen molar-refractivity contribution in [3.8, 4) is 0 Å². The molecule has 5 rings (SSSR count). The van der Waals surface area contributed by atoms with Crippen LogP contribution in [0.15, 0.2) is 88.8 Å². The summed E-state index contributed by atoms with van der Waals surface area (Å²) in [5, 5.41) is 0.965. The second kappa shape index (κ2) is 12.3. The maximum atomic E-state index is 13.7. The van der Waals surface area contributed by atoms with Crippen molar-refractivity contribution < 1.29 is 9.59 Å². The van der Waals surface area contributed by atoms with Crippen LogP contribution in [0, 0.1) is 5.41 Å². The van der Waals surface area contributed by atoms with Crippen LogP contribution in [0.2, 0.25) is 0 Å². The van der Waals surface area contributed by atoms with Gasteiger partial charge in [0.2, 0.25) is 0 Å². The average Bonchev–Trinajstić information content (AvgIpc) is 2.99. The number of hydrogen-bond donors (Lipinski definition) is 0. The van der Waals surface area contributed by atoms with Crippen molar-refractivity contribution in [2.75, 3.05) is 36.8 Å². The fourth-order valence-electron chi connectivity index (χ4n) is 4.86. The first-order chi connectivity index (χ1) is 19.7. The second-order valence-electron chi connectivity index (χ2n) is 11.4. The lowest BCUT2D eigenvalue weighted by atomic mass is 9.92. The molecule has 7 nitrogen and oxygen atoms in total. The highest BCUT2D eigenvalue weighted by Crippen LogP contribution is 2.24. The van der Waals surface area contributed by atoms with E-state index in [4.69, 9.17) is 4.98 Å². The first-order valence-electron chi connectivity index (χ1n) is 14.0. The van der Waals surface area contributed by atoms with E-state index in [9.17, 15) is 14.4 Å². The molecule has 8 heteroatoms. The van der Waals surface area contributed by atoms with Gasteiger partial charge in [-0.15, -0.1) is 0 Å². The smallest absolute Gasteiger partial charge is 0.262 e. The molecule has 0 N–H and O–H groups in total. The highest BCUT2D eigenvalue weighted by Gasteiger charge is 2.25. The molecule has 1 fully saturated rings. The quantitative estimate of drug-likeness (QED) is 0.212. The van der Waals surface area contributed by atoms with Gasteiger partial charge < -0.3 is 9.80 Å². The molecule has 1 aliphatic heterocycles. The molecule has 0 unspecified atom stereocenters. The Bertz CT molecular complexity index is 1590. The van der Waals surface area contributed by atoms with Crippen LogP contribution < -0.4 is 10.5 Å². The molecule has 0 saturated carbocycles. The Balaban J connectivity index is 1.40. The molecule has 212 valence electrons. The number of thioether (sulfide) groups is 1. The van der Waals surface area contributed by atoms with Gasteiger partial charge in [0, 0.05) is 49.4 Å². The van der Waals surface area contributed by atoms with Crippen LogP contribution in [0.25, 0.3) is 10.9 Å². The normalized spacial score (nSPS) is 13.9. The first kappa shape index (κ1) is 28.6. The van der Waals surface area contributed by atoms with E-state index in [-0.39, 0.29) is 23.0 Å². The zero-order valence-corrected chi connectivity index (χ0v) is 24.7. The molecule has 4 aromatic rings. The number of amides is 1. The predicted octanol–water partition coefficient (Wildman–Crippen LogP) is 5.31. The van der Waals surface area contributed by atoms with E-state index in [2.05, 4.69) is 17.0 Å². The number of Topliss-reactive ketones (excluding diaryl/α,β-unsaturated/α-hetero) is 1. The Labute approximate surface area is 245 Å². The predicted molar refractivity (Wildman–Crippen MR) is 166 cm³/mol. The number of carbonyl (C=O) groups excluding carboxylic acids is 2. The fourth-order valence-corrected chi connectivity index (χ4v) is 6.05. The first-order valence-corrected chi connectivity index (χ1v) is 15.0. The zero-order chi connectivity index (χ0) is 29.0. The summed E-state index contributed by atoms with van der Waals surface area (Å²) in [5.41, 5.74) is 2.63. The van der Waals surface area contributed by atoms with Gasteiger partial charge in [0.25, 0.3) is 11.5 Å². The number of benzene rings is 3. The number of aromatic nitrogens is 2. The van der Waals surface area contributed by atoms with Gasteiger partial charge in [0.15, 0.2) is 5.16 Å². The van der Waals surface area contributed by atoms with E-state index in [1.807, 2.05) is 74.2 Å². The average molecular weight is 569 g/mol. The highest BCUT2D eigenvalue weighted by atomic mass is 32.2. The van der Waals surface area contributed by atoms with Gasteiger partial charge in [-0.1, -0.05) is 81.1 Å². The van der Waals surface area contributed by atoms with Crippen LogP contribution in [0.3, 0.4) is 0 Å². The summed E-state index contributed by atoms with van der Waals surface area (Å²) in [7, 11) is 0. The third-order valence-electron chi connectivity index (χ3n) is 7.49. The summed E-state index contributed by atoms with van der Waals surface area (Å²) in [6.45, 7) is 8.89. The zero-order valence-electron chi connectivity index (χ0n) is 23.9. The molecule has 0 aliphatic carbocycles. The summed E-state index contributed by atoms with van der Waals surface area (Å²) >= 11 is 1.29. The molecule has 1 aliphatic rings. The fraction of sp³-hybridized carbons (Fsp3) is 0.333. The molecule has 0 atom stereocenters. The number of rotatable bonds is 8. The van der Waals surface area contributed by atoms with E-state index < -0.39 is 5.41 Å². The van der Waals surface area contributed by atoms with Crippen molar-refractivity contribution in [2.45, 2.75) is 38.9 Å². The van der Waals surface area contributed by atoms with Crippen molar-refractivity contribution in [2.24, 2.45) is 5.41 Å². The summed E-state index contributed by atoms with van der Waals surface area (Å²) in [6, 6.07) is 25.4. The second-order valence-corrected chi connectivity index (χ2v) is 12.3. The minimum absolute atomic E-state index is 0.0632. The minimum atomic E-state index is -0.483. The summed E-state index contributed by atoms with van der Waals surface area (Å²) in [4.78, 5) is 48.8. The van der Waals surface area contributed by atoms with Crippen LogP contribution in [0.1, 0.15) is 36.7 Å². The van der Waals surface area contributed by atoms with Crippen LogP contribution in [-0.2, 0) is 17.8 Å². The Morgan fingerprint density at radius 2 is 1.54 bits per heavy atom. The van der Waals surface area contributed by atoms with Crippen molar-refractivity contribution in [3.63, 3.8) is 0 Å². The van der Waals surface area contributed by atoms with Crippen LogP contribution in [0.4, 0.5) is 5.69 Å². The van der Waals surface area contributed by atoms with E-state index in [0.717, 1.165) is 24.3 Å². The molecule has 0 bridgehead atoms. The molecule has 1 amide bonds. The number of hydrogen-bond acceptors (Lipinski definition) is 6. The largest absolute Gasteiger partial charge is 0.368 e. The third-order valence-corrected chi connectivity index (χ3v) is 8.47. The molecule has 3 aromatic carbocycles. The number of anilines is 1. The van der Waals surface area contributed by atoms with Gasteiger partial charge in [-0.25, -0.2) is 4.98 Å². The lowest BCUT2D eigenvalue weighted by Crippen LogP contribution is -2.48. The summed E-state index contributed by atoms with van der Waals surface area (Å²) in [6.07, 6.45) is 0.667. The Hall–Kier alpha value is -3.91. The van der Waals surface area contributed by atoms with E-state index in [1.54, 1.807) is 22.8 Å². The minimum Gasteiger partial charge on any atom is -0.368 e. The van der Waals surface area contributed by atoms with Gasteiger partial charge in [-0.3, -0.25) is 19.0 Å². The molecular weight excluding hydrogens is 532 g/mol. The van der Waals surface area contributed by atoms with Crippen molar-refractivity contribution >= 4 is 40.0 Å². The Kier molecular flexibility index (Phi) is 8.59. The molecule has 1 saturated heterocycles. The number of carbonyl (C=O) groups is 2. The van der Waals surface area contributed by atoms with Gasteiger partial charge in [0.1, 0.15) is 5.78 Å². The van der Waals surface area contributed by atoms with Gasteiger partial charge in [0.05, 0.1) is 16.7 Å². The van der Waals surface area contributed by atoms with Crippen LogP contribution in [-0.4, -0.2) is 58.1 Å². The number of para-hydroxylation sites is 1. The number of nitrogens with zero attached hydrogens (tertiary/aromatic N) is 4. The maximum Gasteiger partial charge on any atom is 0.262 e. The third kappa shape index (κ3) is 6.70. The molecule has 2 heterocycles. The van der Waals surface area contributed by atoms with Gasteiger partial charge in [-0.05, 0) is 42.3 Å². The van der Waals surface area contributed by atoms with E-state index in [1.165, 1.54) is 11.8 Å². The van der Waals surface area contributed by atoms with Gasteiger partial charge in [-0.2, -0.15) is 0 Å². The number of piperazine rings is 1. The SMILES string of the molecule is CC(C)(C)C(=O)CSc1nc2cc(C(=O)N3CCN(c4ccccc4)CC3)ccc2c(=O)n1CCc1ccccc1. The number of ketones is 1. The van der Waals surface area contributed by atoms with Crippen molar-refractivity contribution in [1.82, 2.24) is 14.5 Å². The molecular formula is C33H36N4O3S. The lowest BCUT2D eigenvalue weighted by molar-refractivity contribution is -0.123. The Morgan fingerprint density at radius 3 is 2.20 bits per heavy atom. The number of aryl methyl sites for hydroxylation is 1. The lowest BCUT2D eigenvalue weighted by Gasteiger charge is -2.36. The van der Waals surface area contributed by atoms with E-state index >= 15 is 0 Å². The molecule has 1 aromatic heterocycles. The van der Waals surface area contributed by atoms with Gasteiger partial charge >= 0.3 is 0 Å². The van der Waals surface area contributed by atoms with Crippen molar-refractivity contribution in [3.05, 3.63) is 100 Å². The standard InChI is InChI=1S/C33H36N4O3S/c1-33(2,3)29(38)23-41-32-34-28-22-25(30(39)36-20-18-35(19-21-36)26-12-8-5-9-13-26)14-15-27(28)31(40)37(32)17-16-24-10-6-4-7-11-24/h4-15,22H,16-21,23H2,1-3H3. The molecule has 41 heavy (non-hydrogen) atoms. The summed E-state index contributed by atoms with van der Waals surface area (Å²) < 4.78 is 1.67. The highest BCUT2D eigenvalue weighted by molar-refractivity contribution is 7.99. The van der Waals surface area contributed by atoms with Crippen LogP contribution >= 0.6 is 11.8 Å². The monoisotopic (exact) mass is 568 g/mol. The maximum absolute atomic E-state index is 13.7. The Morgan fingerprint density at radius 1 is 0.878 bits per heavy atom.